The van der Waals surface area contributed by atoms with Gasteiger partial charge < -0.3 is 0 Å². The van der Waals surface area contributed by atoms with E-state index in [1.165, 1.54) is 29.2 Å². The Morgan fingerprint density at radius 1 is 0.742 bits per heavy atom. The number of benzene rings is 2. The number of para-hydroxylation sites is 1. The maximum Gasteiger partial charge on any atom is 0.193 e. The molecular weight excluding hydrogens is 574 g/mol. The second-order valence-corrected chi connectivity index (χ2v) is 10.4. The van der Waals surface area contributed by atoms with Crippen molar-refractivity contribution < 1.29 is 20.1 Å². The van der Waals surface area contributed by atoms with Gasteiger partial charge in [0.25, 0.3) is 0 Å². The van der Waals surface area contributed by atoms with Gasteiger partial charge in [0.05, 0.1) is 6.57 Å². The quantitative estimate of drug-likeness (QED) is 0.208. The second-order valence-electron chi connectivity index (χ2n) is 7.75. The summed E-state index contributed by atoms with van der Waals surface area (Å²) in [7, 11) is 0.380. The summed E-state index contributed by atoms with van der Waals surface area (Å²) in [6.07, 6.45) is 0. The molecule has 0 spiro atoms. The molecule has 169 valence electrons. The molecule has 2 aromatic rings. The van der Waals surface area contributed by atoms with Crippen LogP contribution in [0.4, 0.5) is 5.69 Å². The summed E-state index contributed by atoms with van der Waals surface area (Å²) in [6, 6.07) is 18.4. The van der Waals surface area contributed by atoms with Crippen LogP contribution in [0.2, 0.25) is 0 Å². The van der Waals surface area contributed by atoms with Gasteiger partial charge in [-0.05, 0) is 56.8 Å². The zero-order valence-corrected chi connectivity index (χ0v) is 23.8. The standard InChI is InChI=1S/C10H14.C9H9N.C6H5.C3H9P.Ir/c1-6-7(2)9(4)10(5)8(6)3;1-7-5-4-6-8(2)9(7)10-3;1-2-4-6-5-3-1;1-4(2)3;/h1H2,2-5H3;4-6H,1-2H3;1-5H;1-3H3;/q;;-1;;. The molecule has 0 unspecified atom stereocenters. The van der Waals surface area contributed by atoms with Gasteiger partial charge in [-0.15, -0.1) is 7.92 Å². The SMILES string of the molecule is C=C1[C](C)[C](C)[C](C)[C]1C.CP(C)C.[C-]#[N+]c1c(C)cccc1C.[Ir].[c-]1ccccc1. The van der Waals surface area contributed by atoms with Crippen LogP contribution >= 0.6 is 7.92 Å². The van der Waals surface area contributed by atoms with E-state index in [9.17, 15) is 0 Å². The molecule has 0 amide bonds. The van der Waals surface area contributed by atoms with Crippen LogP contribution in [0, 0.1) is 50.2 Å². The summed E-state index contributed by atoms with van der Waals surface area (Å²) < 4.78 is 0. The van der Waals surface area contributed by atoms with Crippen molar-refractivity contribution in [2.75, 3.05) is 20.0 Å². The van der Waals surface area contributed by atoms with Crippen LogP contribution < -0.4 is 0 Å². The van der Waals surface area contributed by atoms with Crippen molar-refractivity contribution in [2.45, 2.75) is 41.5 Å². The Kier molecular flexibility index (Phi) is 17.8. The Morgan fingerprint density at radius 3 is 1.29 bits per heavy atom. The molecule has 0 aliphatic heterocycles. The van der Waals surface area contributed by atoms with E-state index < -0.39 is 0 Å². The Hall–Kier alpha value is -1.25. The molecule has 2 aromatic carbocycles. The van der Waals surface area contributed by atoms with Crippen molar-refractivity contribution in [1.29, 1.82) is 0 Å². The fraction of sp³-hybridized carbons (Fsp3) is 0.321. The van der Waals surface area contributed by atoms with Crippen molar-refractivity contribution >= 4 is 13.6 Å². The smallest absolute Gasteiger partial charge is 0.193 e. The molecule has 1 nitrogen and oxygen atoms in total. The molecule has 1 fully saturated rings. The predicted octanol–water partition coefficient (Wildman–Crippen LogP) is 8.63. The van der Waals surface area contributed by atoms with Crippen molar-refractivity contribution in [3.63, 3.8) is 0 Å². The van der Waals surface area contributed by atoms with Gasteiger partial charge in [0.2, 0.25) is 0 Å². The van der Waals surface area contributed by atoms with Gasteiger partial charge in [0, 0.05) is 31.9 Å². The van der Waals surface area contributed by atoms with Crippen molar-refractivity contribution in [3.05, 3.63) is 113 Å². The summed E-state index contributed by atoms with van der Waals surface area (Å²) in [6.45, 7) is 30.1. The molecule has 31 heavy (non-hydrogen) atoms. The van der Waals surface area contributed by atoms with E-state index in [0.29, 0.717) is 7.92 Å². The van der Waals surface area contributed by atoms with Gasteiger partial charge in [0.1, 0.15) is 0 Å². The first-order valence-electron chi connectivity index (χ1n) is 10.0. The third-order valence-corrected chi connectivity index (χ3v) is 4.75. The topological polar surface area (TPSA) is 4.36 Å². The fourth-order valence-corrected chi connectivity index (χ4v) is 2.62. The normalized spacial score (nSPS) is 14.2. The average molecular weight is 611 g/mol. The number of hydrogen-bond acceptors (Lipinski definition) is 0. The van der Waals surface area contributed by atoms with E-state index in [4.69, 9.17) is 6.57 Å². The number of allylic oxidation sites excluding steroid dienone is 1. The molecule has 3 rings (SSSR count). The molecule has 1 aliphatic carbocycles. The van der Waals surface area contributed by atoms with E-state index in [0.717, 1.165) is 16.8 Å². The molecule has 1 saturated carbocycles. The molecule has 0 atom stereocenters. The van der Waals surface area contributed by atoms with Crippen LogP contribution in [-0.4, -0.2) is 20.0 Å². The fourth-order valence-electron chi connectivity index (χ4n) is 2.62. The average Bonchev–Trinajstić information content (AvgIpc) is 2.88. The van der Waals surface area contributed by atoms with Crippen LogP contribution in [0.3, 0.4) is 0 Å². The van der Waals surface area contributed by atoms with E-state index in [1.807, 2.05) is 62.4 Å². The zero-order valence-electron chi connectivity index (χ0n) is 20.6. The number of rotatable bonds is 0. The van der Waals surface area contributed by atoms with Crippen molar-refractivity contribution in [3.8, 4) is 0 Å². The molecule has 3 heteroatoms. The first-order valence-corrected chi connectivity index (χ1v) is 12.7. The maximum atomic E-state index is 6.85. The van der Waals surface area contributed by atoms with Gasteiger partial charge in [-0.2, -0.15) is 36.4 Å². The van der Waals surface area contributed by atoms with Crippen LogP contribution in [0.5, 0.6) is 0 Å². The van der Waals surface area contributed by atoms with Crippen molar-refractivity contribution in [1.82, 2.24) is 0 Å². The first kappa shape index (κ1) is 31.9. The summed E-state index contributed by atoms with van der Waals surface area (Å²) in [4.78, 5) is 3.42. The third-order valence-electron chi connectivity index (χ3n) is 4.75. The maximum absolute atomic E-state index is 6.85. The summed E-state index contributed by atoms with van der Waals surface area (Å²) in [5.41, 5.74) is 4.14. The zero-order chi connectivity index (χ0) is 23.3. The predicted molar refractivity (Wildman–Crippen MR) is 137 cm³/mol. The largest absolute Gasteiger partial charge is 0.238 e. The molecule has 0 aromatic heterocycles. The van der Waals surface area contributed by atoms with Gasteiger partial charge in [-0.1, -0.05) is 58.0 Å². The molecule has 0 N–H and O–H groups in total. The van der Waals surface area contributed by atoms with Gasteiger partial charge in [-0.3, -0.25) is 0 Å². The van der Waals surface area contributed by atoms with E-state index in [1.54, 1.807) is 0 Å². The van der Waals surface area contributed by atoms with Crippen LogP contribution in [0.15, 0.2) is 60.7 Å². The Bertz CT molecular complexity index is 714. The van der Waals surface area contributed by atoms with E-state index in [2.05, 4.69) is 65.2 Å². The molecular formula is C28H37IrNP-. The molecule has 0 saturated heterocycles. The van der Waals surface area contributed by atoms with Crippen molar-refractivity contribution in [2.24, 2.45) is 0 Å². The Morgan fingerprint density at radius 2 is 1.13 bits per heavy atom. The monoisotopic (exact) mass is 611 g/mol. The minimum Gasteiger partial charge on any atom is -0.238 e. The van der Waals surface area contributed by atoms with Gasteiger partial charge >= 0.3 is 0 Å². The number of hydrogen-bond donors (Lipinski definition) is 0. The van der Waals surface area contributed by atoms with Gasteiger partial charge in [-0.25, -0.2) is 4.85 Å². The molecule has 0 bridgehead atoms. The number of nitrogens with zero attached hydrogens (tertiary/aromatic N) is 1. The molecule has 1 aliphatic rings. The third kappa shape index (κ3) is 12.4. The Balaban J connectivity index is 0. The minimum absolute atomic E-state index is 0. The molecule has 5 radical (unpaired) electrons. The number of aryl methyl sites for hydroxylation is 2. The summed E-state index contributed by atoms with van der Waals surface area (Å²) in [5, 5.41) is 0. The van der Waals surface area contributed by atoms with Crippen LogP contribution in [0.25, 0.3) is 4.85 Å². The summed E-state index contributed by atoms with van der Waals surface area (Å²) >= 11 is 0. The second kappa shape index (κ2) is 17.3. The summed E-state index contributed by atoms with van der Waals surface area (Å²) in [5.74, 6) is 5.52. The van der Waals surface area contributed by atoms with E-state index in [-0.39, 0.29) is 20.1 Å². The van der Waals surface area contributed by atoms with E-state index >= 15 is 0 Å². The van der Waals surface area contributed by atoms with Gasteiger partial charge in [0.15, 0.2) is 5.69 Å². The Labute approximate surface area is 207 Å². The van der Waals surface area contributed by atoms with Crippen LogP contribution in [-0.2, 0) is 20.1 Å². The minimum atomic E-state index is 0. The first-order chi connectivity index (χ1) is 14.0. The van der Waals surface area contributed by atoms with Crippen LogP contribution in [0.1, 0.15) is 38.8 Å². The molecule has 0 heterocycles.